The standard InChI is InChI=1S/C12H23N5.HI/c1-10(2)16-12(13-3)14-7-5-6-11-8-15-17(4)9-11;/h8-10H,5-7H2,1-4H3,(H2,13,14,16);1H. The summed E-state index contributed by atoms with van der Waals surface area (Å²) in [6.45, 7) is 5.12. The van der Waals surface area contributed by atoms with Gasteiger partial charge in [-0.2, -0.15) is 5.10 Å². The van der Waals surface area contributed by atoms with Gasteiger partial charge in [0.1, 0.15) is 0 Å². The highest BCUT2D eigenvalue weighted by molar-refractivity contribution is 14.0. The van der Waals surface area contributed by atoms with E-state index in [9.17, 15) is 0 Å². The van der Waals surface area contributed by atoms with Crippen LogP contribution in [-0.2, 0) is 13.5 Å². The lowest BCUT2D eigenvalue weighted by Crippen LogP contribution is -2.41. The van der Waals surface area contributed by atoms with Crippen molar-refractivity contribution in [3.05, 3.63) is 18.0 Å². The first-order valence-electron chi connectivity index (χ1n) is 6.06. The molecule has 0 aromatic carbocycles. The van der Waals surface area contributed by atoms with Gasteiger partial charge in [-0.1, -0.05) is 0 Å². The molecule has 0 amide bonds. The summed E-state index contributed by atoms with van der Waals surface area (Å²) in [7, 11) is 3.73. The first kappa shape index (κ1) is 17.2. The van der Waals surface area contributed by atoms with Gasteiger partial charge in [-0.3, -0.25) is 9.67 Å². The number of halogens is 1. The molecule has 0 spiro atoms. The normalized spacial score (nSPS) is 11.3. The lowest BCUT2D eigenvalue weighted by molar-refractivity contribution is 0.685. The summed E-state index contributed by atoms with van der Waals surface area (Å²) in [6.07, 6.45) is 6.09. The van der Waals surface area contributed by atoms with Crippen LogP contribution >= 0.6 is 24.0 Å². The summed E-state index contributed by atoms with van der Waals surface area (Å²) in [5, 5.41) is 10.7. The third kappa shape index (κ3) is 6.83. The Kier molecular flexibility index (Phi) is 8.78. The Bertz CT molecular complexity index is 359. The topological polar surface area (TPSA) is 54.2 Å². The molecule has 0 radical (unpaired) electrons. The predicted octanol–water partition coefficient (Wildman–Crippen LogP) is 1.54. The molecule has 1 aromatic rings. The van der Waals surface area contributed by atoms with Gasteiger partial charge in [-0.05, 0) is 32.3 Å². The fourth-order valence-corrected chi connectivity index (χ4v) is 1.57. The van der Waals surface area contributed by atoms with E-state index in [0.717, 1.165) is 25.3 Å². The van der Waals surface area contributed by atoms with Crippen LogP contribution in [-0.4, -0.2) is 35.4 Å². The molecule has 2 N–H and O–H groups in total. The Morgan fingerprint density at radius 2 is 2.22 bits per heavy atom. The van der Waals surface area contributed by atoms with Gasteiger partial charge in [0.2, 0.25) is 0 Å². The molecule has 0 saturated carbocycles. The zero-order valence-electron chi connectivity index (χ0n) is 11.6. The molecule has 104 valence electrons. The highest BCUT2D eigenvalue weighted by Gasteiger charge is 2.00. The van der Waals surface area contributed by atoms with Gasteiger partial charge in [-0.15, -0.1) is 24.0 Å². The van der Waals surface area contributed by atoms with E-state index in [1.807, 2.05) is 17.9 Å². The summed E-state index contributed by atoms with van der Waals surface area (Å²) in [5.41, 5.74) is 1.28. The minimum atomic E-state index is 0. The lowest BCUT2D eigenvalue weighted by Gasteiger charge is -2.13. The van der Waals surface area contributed by atoms with Crippen molar-refractivity contribution in [3.8, 4) is 0 Å². The van der Waals surface area contributed by atoms with Gasteiger partial charge in [0.15, 0.2) is 5.96 Å². The van der Waals surface area contributed by atoms with Crippen LogP contribution in [0.3, 0.4) is 0 Å². The summed E-state index contributed by atoms with van der Waals surface area (Å²) in [6, 6.07) is 0.402. The number of aromatic nitrogens is 2. The minimum absolute atomic E-state index is 0. The monoisotopic (exact) mass is 365 g/mol. The van der Waals surface area contributed by atoms with E-state index in [4.69, 9.17) is 0 Å². The Morgan fingerprint density at radius 1 is 1.50 bits per heavy atom. The zero-order chi connectivity index (χ0) is 12.7. The van der Waals surface area contributed by atoms with Crippen LogP contribution < -0.4 is 10.6 Å². The molecule has 1 heterocycles. The van der Waals surface area contributed by atoms with E-state index in [2.05, 4.69) is 40.8 Å². The van der Waals surface area contributed by atoms with Gasteiger partial charge in [-0.25, -0.2) is 0 Å². The molecular weight excluding hydrogens is 341 g/mol. The molecule has 0 saturated heterocycles. The first-order valence-corrected chi connectivity index (χ1v) is 6.06. The second-order valence-corrected chi connectivity index (χ2v) is 4.42. The van der Waals surface area contributed by atoms with Crippen molar-refractivity contribution in [1.29, 1.82) is 0 Å². The molecule has 1 rings (SSSR count). The number of hydrogen-bond acceptors (Lipinski definition) is 2. The molecule has 5 nitrogen and oxygen atoms in total. The van der Waals surface area contributed by atoms with E-state index in [1.54, 1.807) is 7.05 Å². The molecule has 0 unspecified atom stereocenters. The van der Waals surface area contributed by atoms with Crippen molar-refractivity contribution in [2.75, 3.05) is 13.6 Å². The maximum atomic E-state index is 4.15. The van der Waals surface area contributed by atoms with Crippen molar-refractivity contribution in [2.45, 2.75) is 32.7 Å². The predicted molar refractivity (Wildman–Crippen MR) is 86.6 cm³/mol. The third-order valence-electron chi connectivity index (χ3n) is 2.34. The maximum Gasteiger partial charge on any atom is 0.191 e. The second-order valence-electron chi connectivity index (χ2n) is 4.42. The van der Waals surface area contributed by atoms with Crippen molar-refractivity contribution >= 4 is 29.9 Å². The van der Waals surface area contributed by atoms with Crippen molar-refractivity contribution in [3.63, 3.8) is 0 Å². The Morgan fingerprint density at radius 3 is 2.72 bits per heavy atom. The van der Waals surface area contributed by atoms with Crippen LogP contribution in [0.15, 0.2) is 17.4 Å². The molecule has 0 atom stereocenters. The SMILES string of the molecule is CN=C(NCCCc1cnn(C)c1)NC(C)C.I. The molecule has 0 aliphatic rings. The van der Waals surface area contributed by atoms with Crippen LogP contribution in [0.5, 0.6) is 0 Å². The quantitative estimate of drug-likeness (QED) is 0.360. The van der Waals surface area contributed by atoms with E-state index < -0.39 is 0 Å². The highest BCUT2D eigenvalue weighted by Crippen LogP contribution is 1.99. The van der Waals surface area contributed by atoms with Crippen LogP contribution in [0.1, 0.15) is 25.8 Å². The molecule has 0 fully saturated rings. The largest absolute Gasteiger partial charge is 0.356 e. The van der Waals surface area contributed by atoms with E-state index >= 15 is 0 Å². The molecule has 0 aliphatic heterocycles. The summed E-state index contributed by atoms with van der Waals surface area (Å²) < 4.78 is 1.84. The van der Waals surface area contributed by atoms with Crippen molar-refractivity contribution in [1.82, 2.24) is 20.4 Å². The fraction of sp³-hybridized carbons (Fsp3) is 0.667. The molecule has 0 aliphatic carbocycles. The molecular formula is C12H24IN5. The number of rotatable bonds is 5. The number of nitrogens with zero attached hydrogens (tertiary/aromatic N) is 3. The third-order valence-corrected chi connectivity index (χ3v) is 2.34. The highest BCUT2D eigenvalue weighted by atomic mass is 127. The van der Waals surface area contributed by atoms with Crippen LogP contribution in [0.4, 0.5) is 0 Å². The fourth-order valence-electron chi connectivity index (χ4n) is 1.57. The summed E-state index contributed by atoms with van der Waals surface area (Å²) >= 11 is 0. The number of aliphatic imine (C=N–C) groups is 1. The van der Waals surface area contributed by atoms with Gasteiger partial charge in [0.25, 0.3) is 0 Å². The number of guanidine groups is 1. The average molecular weight is 365 g/mol. The molecule has 6 heteroatoms. The van der Waals surface area contributed by atoms with Crippen molar-refractivity contribution in [2.24, 2.45) is 12.0 Å². The van der Waals surface area contributed by atoms with E-state index in [-0.39, 0.29) is 24.0 Å². The van der Waals surface area contributed by atoms with Crippen LogP contribution in [0.25, 0.3) is 0 Å². The van der Waals surface area contributed by atoms with Gasteiger partial charge < -0.3 is 10.6 Å². The maximum absolute atomic E-state index is 4.15. The first-order chi connectivity index (χ1) is 8.11. The Labute approximate surface area is 126 Å². The molecule has 18 heavy (non-hydrogen) atoms. The number of aryl methyl sites for hydroxylation is 2. The molecule has 1 aromatic heterocycles. The number of nitrogens with one attached hydrogen (secondary N) is 2. The zero-order valence-corrected chi connectivity index (χ0v) is 13.9. The van der Waals surface area contributed by atoms with Crippen LogP contribution in [0.2, 0.25) is 0 Å². The lowest BCUT2D eigenvalue weighted by atomic mass is 10.2. The summed E-state index contributed by atoms with van der Waals surface area (Å²) in [4.78, 5) is 4.15. The van der Waals surface area contributed by atoms with Gasteiger partial charge in [0, 0.05) is 32.9 Å². The number of hydrogen-bond donors (Lipinski definition) is 2. The minimum Gasteiger partial charge on any atom is -0.356 e. The van der Waals surface area contributed by atoms with Crippen LogP contribution in [0, 0.1) is 0 Å². The second kappa shape index (κ2) is 9.18. The Hall–Kier alpha value is -0.790. The van der Waals surface area contributed by atoms with Crippen molar-refractivity contribution < 1.29 is 0 Å². The van der Waals surface area contributed by atoms with E-state index in [0.29, 0.717) is 6.04 Å². The van der Waals surface area contributed by atoms with Gasteiger partial charge >= 0.3 is 0 Å². The van der Waals surface area contributed by atoms with E-state index in [1.165, 1.54) is 5.56 Å². The molecule has 0 bridgehead atoms. The Balaban J connectivity index is 0.00000289. The summed E-state index contributed by atoms with van der Waals surface area (Å²) in [5.74, 6) is 0.867. The smallest absolute Gasteiger partial charge is 0.191 e. The van der Waals surface area contributed by atoms with Gasteiger partial charge in [0.05, 0.1) is 6.20 Å². The average Bonchev–Trinajstić information content (AvgIpc) is 2.68.